The van der Waals surface area contributed by atoms with Crippen LogP contribution in [0.15, 0.2) is 4.99 Å². The highest BCUT2D eigenvalue weighted by Gasteiger charge is 2.17. The van der Waals surface area contributed by atoms with E-state index in [2.05, 4.69) is 41.1 Å². The number of fused-ring (bicyclic) bond motifs is 1. The second-order valence-electron chi connectivity index (χ2n) is 6.51. The molecule has 1 N–H and O–H groups in total. The van der Waals surface area contributed by atoms with Crippen molar-refractivity contribution in [3.05, 3.63) is 31.2 Å². The van der Waals surface area contributed by atoms with Crippen LogP contribution in [0.1, 0.15) is 44.0 Å². The molecule has 0 bridgehead atoms. The van der Waals surface area contributed by atoms with Gasteiger partial charge in [-0.3, -0.25) is 4.99 Å². The van der Waals surface area contributed by atoms with Gasteiger partial charge in [0, 0.05) is 36.8 Å². The van der Waals surface area contributed by atoms with Crippen LogP contribution in [0.3, 0.4) is 0 Å². The number of thiazole rings is 2. The van der Waals surface area contributed by atoms with E-state index in [0.29, 0.717) is 0 Å². The summed E-state index contributed by atoms with van der Waals surface area (Å²) < 4.78 is 0. The van der Waals surface area contributed by atoms with E-state index in [4.69, 9.17) is 4.98 Å². The molecule has 0 aliphatic heterocycles. The fourth-order valence-corrected chi connectivity index (χ4v) is 5.38. The summed E-state index contributed by atoms with van der Waals surface area (Å²) in [5, 5.41) is 5.81. The molecule has 2 aromatic heterocycles. The van der Waals surface area contributed by atoms with Gasteiger partial charge in [-0.25, -0.2) is 9.97 Å². The summed E-state index contributed by atoms with van der Waals surface area (Å²) in [6.45, 7) is 5.84. The van der Waals surface area contributed by atoms with Crippen LogP contribution < -0.4 is 5.32 Å². The zero-order valence-corrected chi connectivity index (χ0v) is 17.2. The predicted octanol–water partition coefficient (Wildman–Crippen LogP) is 3.35. The van der Waals surface area contributed by atoms with Crippen molar-refractivity contribution in [1.82, 2.24) is 20.2 Å². The van der Waals surface area contributed by atoms with E-state index >= 15 is 0 Å². The molecule has 0 amide bonds. The predicted molar refractivity (Wildman–Crippen MR) is 107 cm³/mol. The smallest absolute Gasteiger partial charge is 0.193 e. The number of aromatic nitrogens is 2. The van der Waals surface area contributed by atoms with Crippen molar-refractivity contribution in [3.63, 3.8) is 0 Å². The van der Waals surface area contributed by atoms with Crippen molar-refractivity contribution in [2.24, 2.45) is 4.99 Å². The van der Waals surface area contributed by atoms with Crippen molar-refractivity contribution < 1.29 is 0 Å². The molecule has 25 heavy (non-hydrogen) atoms. The highest BCUT2D eigenvalue weighted by molar-refractivity contribution is 7.12. The van der Waals surface area contributed by atoms with Gasteiger partial charge >= 0.3 is 0 Å². The number of guanidine groups is 1. The first-order valence-electron chi connectivity index (χ1n) is 8.89. The average molecular weight is 378 g/mol. The SMILES string of the molecule is CN=C(NCCc1sc(C)nc1C)N(C)Cc1nc2c(s1)CCCC2. The average Bonchev–Trinajstić information content (AvgIpc) is 3.13. The highest BCUT2D eigenvalue weighted by atomic mass is 32.1. The molecule has 7 heteroatoms. The van der Waals surface area contributed by atoms with Gasteiger partial charge in [0.1, 0.15) is 5.01 Å². The van der Waals surface area contributed by atoms with E-state index in [-0.39, 0.29) is 0 Å². The summed E-state index contributed by atoms with van der Waals surface area (Å²) in [4.78, 5) is 18.8. The van der Waals surface area contributed by atoms with E-state index in [1.54, 1.807) is 11.3 Å². The van der Waals surface area contributed by atoms with Gasteiger partial charge in [0.05, 0.1) is 22.9 Å². The Morgan fingerprint density at radius 2 is 2.00 bits per heavy atom. The lowest BCUT2D eigenvalue weighted by Crippen LogP contribution is -2.39. The molecule has 1 aliphatic carbocycles. The van der Waals surface area contributed by atoms with E-state index in [9.17, 15) is 0 Å². The zero-order valence-electron chi connectivity index (χ0n) is 15.6. The van der Waals surface area contributed by atoms with Crippen LogP contribution >= 0.6 is 22.7 Å². The molecule has 0 radical (unpaired) electrons. The van der Waals surface area contributed by atoms with Gasteiger partial charge in [-0.15, -0.1) is 22.7 Å². The number of nitrogens with one attached hydrogen (secondary N) is 1. The third kappa shape index (κ3) is 4.58. The monoisotopic (exact) mass is 377 g/mol. The van der Waals surface area contributed by atoms with Crippen molar-refractivity contribution in [3.8, 4) is 0 Å². The van der Waals surface area contributed by atoms with E-state index < -0.39 is 0 Å². The lowest BCUT2D eigenvalue weighted by Gasteiger charge is -2.21. The summed E-state index contributed by atoms with van der Waals surface area (Å²) in [7, 11) is 3.92. The molecule has 0 aromatic carbocycles. The Morgan fingerprint density at radius 3 is 2.68 bits per heavy atom. The topological polar surface area (TPSA) is 53.4 Å². The maximum Gasteiger partial charge on any atom is 0.193 e. The number of aliphatic imine (C=N–C) groups is 1. The van der Waals surface area contributed by atoms with Crippen molar-refractivity contribution >= 4 is 28.6 Å². The molecule has 0 spiro atoms. The molecule has 0 unspecified atom stereocenters. The third-order valence-corrected chi connectivity index (χ3v) is 6.75. The van der Waals surface area contributed by atoms with Crippen molar-refractivity contribution in [1.29, 1.82) is 0 Å². The van der Waals surface area contributed by atoms with Crippen LogP contribution in [0.25, 0.3) is 0 Å². The molecule has 0 fully saturated rings. The molecular formula is C18H27N5S2. The first-order valence-corrected chi connectivity index (χ1v) is 10.5. The second kappa shape index (κ2) is 8.27. The summed E-state index contributed by atoms with van der Waals surface area (Å²) >= 11 is 3.66. The molecule has 2 heterocycles. The Bertz CT molecular complexity index is 723. The Balaban J connectivity index is 1.53. The van der Waals surface area contributed by atoms with E-state index in [0.717, 1.165) is 42.6 Å². The summed E-state index contributed by atoms with van der Waals surface area (Å²) in [5.74, 6) is 0.923. The molecule has 0 atom stereocenters. The van der Waals surface area contributed by atoms with Gasteiger partial charge < -0.3 is 10.2 Å². The van der Waals surface area contributed by atoms with Gasteiger partial charge in [0.15, 0.2) is 5.96 Å². The normalized spacial score (nSPS) is 14.5. The van der Waals surface area contributed by atoms with Crippen LogP contribution in [0, 0.1) is 13.8 Å². The lowest BCUT2D eigenvalue weighted by atomic mass is 10.0. The molecule has 2 aromatic rings. The number of hydrogen-bond donors (Lipinski definition) is 1. The van der Waals surface area contributed by atoms with Crippen LogP contribution in [0.5, 0.6) is 0 Å². The number of nitrogens with zero attached hydrogens (tertiary/aromatic N) is 4. The van der Waals surface area contributed by atoms with Gasteiger partial charge in [-0.2, -0.15) is 0 Å². The fraction of sp³-hybridized carbons (Fsp3) is 0.611. The number of hydrogen-bond acceptors (Lipinski definition) is 5. The molecular weight excluding hydrogens is 350 g/mol. The van der Waals surface area contributed by atoms with Crippen LogP contribution in [0.2, 0.25) is 0 Å². The maximum absolute atomic E-state index is 4.84. The van der Waals surface area contributed by atoms with Gasteiger partial charge in [-0.1, -0.05) is 0 Å². The van der Waals surface area contributed by atoms with Gasteiger partial charge in [-0.05, 0) is 39.5 Å². The van der Waals surface area contributed by atoms with E-state index in [1.807, 2.05) is 18.4 Å². The lowest BCUT2D eigenvalue weighted by molar-refractivity contribution is 0.475. The first-order chi connectivity index (χ1) is 12.1. The largest absolute Gasteiger partial charge is 0.356 e. The Morgan fingerprint density at radius 1 is 1.20 bits per heavy atom. The summed E-state index contributed by atoms with van der Waals surface area (Å²) in [6, 6.07) is 0. The molecule has 136 valence electrons. The molecule has 5 nitrogen and oxygen atoms in total. The van der Waals surface area contributed by atoms with Crippen LogP contribution in [-0.4, -0.2) is 41.5 Å². The number of rotatable bonds is 5. The minimum absolute atomic E-state index is 0.816. The fourth-order valence-electron chi connectivity index (χ4n) is 3.23. The molecule has 3 rings (SSSR count). The molecule has 1 aliphatic rings. The standard InChI is InChI=1S/C18H27N5S2/c1-12-15(24-13(2)21-12)9-10-20-18(19-3)23(4)11-17-22-14-7-5-6-8-16(14)25-17/h5-11H2,1-4H3,(H,19,20). The Hall–Kier alpha value is -1.47. The summed E-state index contributed by atoms with van der Waals surface area (Å²) in [5.41, 5.74) is 2.49. The Labute approximate surface area is 158 Å². The minimum atomic E-state index is 0.816. The zero-order chi connectivity index (χ0) is 17.8. The van der Waals surface area contributed by atoms with Crippen molar-refractivity contribution in [2.75, 3.05) is 20.6 Å². The van der Waals surface area contributed by atoms with E-state index in [1.165, 1.54) is 39.7 Å². The maximum atomic E-state index is 4.84. The van der Waals surface area contributed by atoms with Gasteiger partial charge in [0.2, 0.25) is 0 Å². The van der Waals surface area contributed by atoms with Crippen LogP contribution in [0.4, 0.5) is 0 Å². The molecule has 0 saturated carbocycles. The van der Waals surface area contributed by atoms with Crippen molar-refractivity contribution in [2.45, 2.75) is 52.5 Å². The highest BCUT2D eigenvalue weighted by Crippen LogP contribution is 2.27. The second-order valence-corrected chi connectivity index (χ2v) is 8.96. The number of aryl methyl sites for hydroxylation is 4. The molecule has 0 saturated heterocycles. The summed E-state index contributed by atoms with van der Waals surface area (Å²) in [6.07, 6.45) is 5.93. The quantitative estimate of drug-likeness (QED) is 0.641. The third-order valence-electron chi connectivity index (χ3n) is 4.47. The minimum Gasteiger partial charge on any atom is -0.356 e. The van der Waals surface area contributed by atoms with Crippen LogP contribution in [-0.2, 0) is 25.8 Å². The Kier molecular flexibility index (Phi) is 6.06. The van der Waals surface area contributed by atoms with Gasteiger partial charge in [0.25, 0.3) is 0 Å². The first kappa shape index (κ1) is 18.3.